The molecular weight excluding hydrogens is 623 g/mol. The first-order valence-corrected chi connectivity index (χ1v) is 18.1. The molecular formula is C34H43N5O5S2. The maximum Gasteiger partial charge on any atom is 0.410 e. The molecule has 0 radical (unpaired) electrons. The summed E-state index contributed by atoms with van der Waals surface area (Å²) in [6.45, 7) is 8.23. The normalized spacial score (nSPS) is 19.1. The van der Waals surface area contributed by atoms with E-state index in [1.54, 1.807) is 9.21 Å². The van der Waals surface area contributed by atoms with E-state index in [0.29, 0.717) is 50.6 Å². The first-order valence-electron chi connectivity index (χ1n) is 15.9. The van der Waals surface area contributed by atoms with Gasteiger partial charge >= 0.3 is 6.09 Å². The van der Waals surface area contributed by atoms with Crippen LogP contribution >= 0.6 is 12.2 Å². The second kappa shape index (κ2) is 12.0. The molecule has 2 aromatic carbocycles. The lowest BCUT2D eigenvalue weighted by atomic mass is 9.57. The molecule has 12 heteroatoms. The largest absolute Gasteiger partial charge is 0.444 e. The highest BCUT2D eigenvalue weighted by Crippen LogP contribution is 2.52. The van der Waals surface area contributed by atoms with E-state index in [1.807, 2.05) is 51.1 Å². The Hall–Kier alpha value is -3.48. The molecule has 3 N–H and O–H groups in total. The molecule has 0 unspecified atom stereocenters. The van der Waals surface area contributed by atoms with Crippen molar-refractivity contribution in [3.8, 4) is 11.1 Å². The number of nitrogens with one attached hydrogen (secondary N) is 1. The summed E-state index contributed by atoms with van der Waals surface area (Å²) in [6, 6.07) is 14.3. The first kappa shape index (κ1) is 32.5. The van der Waals surface area contributed by atoms with Crippen LogP contribution in [0, 0.1) is 11.3 Å². The minimum Gasteiger partial charge on any atom is -0.444 e. The number of piperidine rings is 1. The molecule has 2 saturated heterocycles. The Morgan fingerprint density at radius 3 is 2.41 bits per heavy atom. The fourth-order valence-corrected chi connectivity index (χ4v) is 8.21. The standard InChI is InChI=1S/C34H43N5O5S2/c1-33(2,3)44-32(41)37-20-34(21-37)16-25(17-34)31(40)36-18-22-8-9-27-28(23-6-5-7-24(15-23)30(35)45)19-39(29(27)14-22)26-10-12-38(13-11-26)46(4,42)43/h5-9,14-15,19,25-26H,10-13,16-18,20-21H2,1-4H3,(H2,35,45)(H,36,40). The molecule has 2 amide bonds. The third-order valence-electron chi connectivity index (χ3n) is 9.54. The Morgan fingerprint density at radius 1 is 1.09 bits per heavy atom. The molecule has 46 heavy (non-hydrogen) atoms. The number of hydrogen-bond donors (Lipinski definition) is 2. The number of likely N-dealkylation sites (tertiary alicyclic amines) is 1. The van der Waals surface area contributed by atoms with Gasteiger partial charge in [-0.2, -0.15) is 0 Å². The van der Waals surface area contributed by atoms with Crippen molar-refractivity contribution in [1.82, 2.24) is 19.1 Å². The van der Waals surface area contributed by atoms with Crippen molar-refractivity contribution < 1.29 is 22.7 Å². The van der Waals surface area contributed by atoms with E-state index in [-0.39, 0.29) is 29.4 Å². The van der Waals surface area contributed by atoms with Crippen molar-refractivity contribution in [2.75, 3.05) is 32.4 Å². The summed E-state index contributed by atoms with van der Waals surface area (Å²) in [4.78, 5) is 27.5. The predicted molar refractivity (Wildman–Crippen MR) is 183 cm³/mol. The molecule has 1 aliphatic carbocycles. The lowest BCUT2D eigenvalue weighted by Gasteiger charge is -2.58. The van der Waals surface area contributed by atoms with E-state index in [0.717, 1.165) is 46.0 Å². The molecule has 3 aromatic rings. The number of hydrogen-bond acceptors (Lipinski definition) is 6. The van der Waals surface area contributed by atoms with E-state index in [1.165, 1.54) is 6.26 Å². The molecule has 10 nitrogen and oxygen atoms in total. The zero-order chi connectivity index (χ0) is 33.0. The van der Waals surface area contributed by atoms with Crippen molar-refractivity contribution in [2.24, 2.45) is 17.1 Å². The highest BCUT2D eigenvalue weighted by Gasteiger charge is 2.56. The zero-order valence-electron chi connectivity index (χ0n) is 26.9. The van der Waals surface area contributed by atoms with Crippen molar-refractivity contribution in [3.05, 3.63) is 59.8 Å². The predicted octanol–water partition coefficient (Wildman–Crippen LogP) is 4.80. The molecule has 1 spiro atoms. The van der Waals surface area contributed by atoms with Gasteiger partial charge in [0.1, 0.15) is 10.6 Å². The van der Waals surface area contributed by atoms with Gasteiger partial charge in [0.05, 0.1) is 6.26 Å². The van der Waals surface area contributed by atoms with Crippen molar-refractivity contribution in [1.29, 1.82) is 0 Å². The molecule has 3 aliphatic rings. The van der Waals surface area contributed by atoms with Crippen LogP contribution in [0.15, 0.2) is 48.7 Å². The van der Waals surface area contributed by atoms with Crippen LogP contribution in [0.4, 0.5) is 4.79 Å². The summed E-state index contributed by atoms with van der Waals surface area (Å²) in [5.74, 6) is -0.0128. The van der Waals surface area contributed by atoms with Crippen LogP contribution in [0.25, 0.3) is 22.0 Å². The molecule has 6 rings (SSSR count). The lowest BCUT2D eigenvalue weighted by Crippen LogP contribution is -2.65. The second-order valence-corrected chi connectivity index (χ2v) is 16.7. The molecule has 1 aromatic heterocycles. The lowest BCUT2D eigenvalue weighted by molar-refractivity contribution is -0.143. The average Bonchev–Trinajstić information content (AvgIpc) is 3.32. The summed E-state index contributed by atoms with van der Waals surface area (Å²) in [5.41, 5.74) is 10.3. The Bertz CT molecular complexity index is 1790. The van der Waals surface area contributed by atoms with Gasteiger partial charge in [0, 0.05) is 78.3 Å². The van der Waals surface area contributed by atoms with E-state index >= 15 is 0 Å². The average molecular weight is 666 g/mol. The van der Waals surface area contributed by atoms with Crippen LogP contribution in [0.5, 0.6) is 0 Å². The van der Waals surface area contributed by atoms with Gasteiger partial charge in [-0.05, 0) is 69.7 Å². The van der Waals surface area contributed by atoms with Gasteiger partial charge in [-0.15, -0.1) is 0 Å². The van der Waals surface area contributed by atoms with E-state index < -0.39 is 15.6 Å². The molecule has 2 aliphatic heterocycles. The molecule has 0 bridgehead atoms. The number of nitrogens with zero attached hydrogens (tertiary/aromatic N) is 3. The number of rotatable bonds is 7. The maximum absolute atomic E-state index is 13.1. The van der Waals surface area contributed by atoms with Crippen molar-refractivity contribution in [2.45, 2.75) is 64.6 Å². The third-order valence-corrected chi connectivity index (χ3v) is 11.1. The smallest absolute Gasteiger partial charge is 0.410 e. The van der Waals surface area contributed by atoms with Gasteiger partial charge in [-0.25, -0.2) is 17.5 Å². The summed E-state index contributed by atoms with van der Waals surface area (Å²) < 4.78 is 33.6. The van der Waals surface area contributed by atoms with Crippen LogP contribution in [0.2, 0.25) is 0 Å². The zero-order valence-corrected chi connectivity index (χ0v) is 28.5. The molecule has 246 valence electrons. The first-order chi connectivity index (χ1) is 21.6. The minimum absolute atomic E-state index is 0.0344. The van der Waals surface area contributed by atoms with E-state index in [2.05, 4.69) is 28.2 Å². The number of carbonyl (C=O) groups is 2. The van der Waals surface area contributed by atoms with Crippen LogP contribution in [-0.4, -0.2) is 77.2 Å². The molecule has 1 saturated carbocycles. The quantitative estimate of drug-likeness (QED) is 0.347. The minimum atomic E-state index is -3.23. The number of thiocarbonyl (C=S) groups is 1. The van der Waals surface area contributed by atoms with Gasteiger partial charge in [0.25, 0.3) is 0 Å². The highest BCUT2D eigenvalue weighted by molar-refractivity contribution is 7.88. The van der Waals surface area contributed by atoms with Crippen LogP contribution in [-0.2, 0) is 26.1 Å². The van der Waals surface area contributed by atoms with Gasteiger partial charge in [-0.3, -0.25) is 4.79 Å². The fourth-order valence-electron chi connectivity index (χ4n) is 7.21. The van der Waals surface area contributed by atoms with Crippen LogP contribution in [0.3, 0.4) is 0 Å². The van der Waals surface area contributed by atoms with E-state index in [4.69, 9.17) is 22.7 Å². The Morgan fingerprint density at radius 2 is 1.78 bits per heavy atom. The van der Waals surface area contributed by atoms with Crippen molar-refractivity contribution >= 4 is 50.1 Å². The van der Waals surface area contributed by atoms with Crippen LogP contribution < -0.4 is 11.1 Å². The number of benzene rings is 2. The molecule has 3 heterocycles. The van der Waals surface area contributed by atoms with Gasteiger partial charge in [0.15, 0.2) is 0 Å². The van der Waals surface area contributed by atoms with E-state index in [9.17, 15) is 18.0 Å². The monoisotopic (exact) mass is 665 g/mol. The number of carbonyl (C=O) groups excluding carboxylic acids is 2. The Labute approximate surface area is 276 Å². The molecule has 3 fully saturated rings. The number of sulfonamides is 1. The number of fused-ring (bicyclic) bond motifs is 1. The number of ether oxygens (including phenoxy) is 1. The summed E-state index contributed by atoms with van der Waals surface area (Å²) >= 11 is 5.23. The van der Waals surface area contributed by atoms with Gasteiger partial charge in [0.2, 0.25) is 15.9 Å². The number of aromatic nitrogens is 1. The highest BCUT2D eigenvalue weighted by atomic mass is 32.2. The summed E-state index contributed by atoms with van der Waals surface area (Å²) in [6.07, 6.45) is 6.10. The maximum atomic E-state index is 13.1. The second-order valence-electron chi connectivity index (χ2n) is 14.3. The SMILES string of the molecule is CC(C)(C)OC(=O)N1CC2(CC(C(=O)NCc3ccc4c(-c5cccc(C(N)=S)c5)cn(C5CCN(S(C)(=O)=O)CC5)c4c3)C2)C1. The topological polar surface area (TPSA) is 127 Å². The Kier molecular flexibility index (Phi) is 8.43. The molecule has 0 atom stereocenters. The Balaban J connectivity index is 1.16. The summed E-state index contributed by atoms with van der Waals surface area (Å²) in [7, 11) is -3.23. The number of amides is 2. The van der Waals surface area contributed by atoms with Crippen molar-refractivity contribution in [3.63, 3.8) is 0 Å². The third kappa shape index (κ3) is 6.65. The summed E-state index contributed by atoms with van der Waals surface area (Å²) in [5, 5.41) is 4.21. The van der Waals surface area contributed by atoms with Crippen LogP contribution in [0.1, 0.15) is 63.6 Å². The van der Waals surface area contributed by atoms with Gasteiger partial charge in [-0.1, -0.05) is 42.5 Å². The number of nitrogens with two attached hydrogens (primary N) is 1. The fraction of sp³-hybridized carbons (Fsp3) is 0.500. The van der Waals surface area contributed by atoms with Gasteiger partial charge < -0.3 is 25.3 Å².